The van der Waals surface area contributed by atoms with Crippen LogP contribution in [-0.2, 0) is 39.8 Å². The summed E-state index contributed by atoms with van der Waals surface area (Å²) in [5.41, 5.74) is 28.5. The lowest BCUT2D eigenvalue weighted by Crippen LogP contribution is -2.40. The zero-order valence-electron chi connectivity index (χ0n) is 63.1. The maximum Gasteiger partial charge on any atom is 0.416 e. The van der Waals surface area contributed by atoms with Gasteiger partial charge in [-0.15, -0.1) is 0 Å². The second-order valence-corrected chi connectivity index (χ2v) is 28.5. The van der Waals surface area contributed by atoms with E-state index in [0.29, 0.717) is 156 Å². The molecule has 12 aromatic rings. The number of alkyl halides is 3. The summed E-state index contributed by atoms with van der Waals surface area (Å²) in [5.74, 6) is -1.31. The summed E-state index contributed by atoms with van der Waals surface area (Å²) in [4.78, 5) is 106. The minimum Gasteiger partial charge on any atom is -0.383 e. The van der Waals surface area contributed by atoms with Gasteiger partial charge in [-0.1, -0.05) is 117 Å². The normalized spacial score (nSPS) is 15.6. The van der Waals surface area contributed by atoms with Crippen LogP contribution in [0.3, 0.4) is 0 Å². The zero-order chi connectivity index (χ0) is 81.2. The summed E-state index contributed by atoms with van der Waals surface area (Å²) in [5, 5.41) is 16.6. The lowest BCUT2D eigenvalue weighted by atomic mass is 9.98. The average Bonchev–Trinajstić information content (AvgIpc) is 1.62. The van der Waals surface area contributed by atoms with Gasteiger partial charge in [-0.05, 0) is 148 Å². The minimum atomic E-state index is -4.68. The molecule has 3 unspecified atom stereocenters. The molecular formula is C86H83F5N18O6. The van der Waals surface area contributed by atoms with Crippen LogP contribution < -0.4 is 17.2 Å². The summed E-state index contributed by atoms with van der Waals surface area (Å²) < 4.78 is 71.8. The number of nitrogens with zero attached hydrogens (tertiary/aromatic N) is 15. The molecule has 6 N–H and O–H groups in total. The fourth-order valence-electron chi connectivity index (χ4n) is 14.9. The number of likely N-dealkylation sites (tertiary alicyclic amines) is 3. The summed E-state index contributed by atoms with van der Waals surface area (Å²) in [6, 6.07) is 37.9. The van der Waals surface area contributed by atoms with Gasteiger partial charge in [0.25, 0.3) is 0 Å². The van der Waals surface area contributed by atoms with Crippen molar-refractivity contribution in [2.75, 3.05) is 56.5 Å². The van der Waals surface area contributed by atoms with E-state index in [1.165, 1.54) is 61.5 Å². The number of aryl methyl sites for hydroxylation is 4. The molecule has 9 heterocycles. The number of rotatable bonds is 21. The maximum atomic E-state index is 14.1. The van der Waals surface area contributed by atoms with Crippen LogP contribution in [0.4, 0.5) is 39.4 Å². The SMILES string of the molecule is C=CC(=O)N1CCCC(n2nc(-c3ccc(CCC(=O)c4cc(C(F)(F)F)ccc4F)cc3)c3c(N)ncnc32)C1.C=CC(=O)N1CCCC(n2nc(-c3ccc(CCC(=O)c4ccc(F)cc4)cc3)c3c(N)ncnc32)C1.C=CC(=O)N1CCCC(n2nc(-c3ccc(CCC(=O)c4ccccc4C)cc3)c3c(N)ncnc32)C1. The molecule has 0 bridgehead atoms. The summed E-state index contributed by atoms with van der Waals surface area (Å²) in [6.45, 7) is 16.3. The number of benzene rings is 6. The first-order chi connectivity index (χ1) is 55.5. The van der Waals surface area contributed by atoms with Crippen molar-refractivity contribution >= 4 is 85.6 Å². The molecule has 3 saturated heterocycles. The molecule has 24 nitrogen and oxygen atoms in total. The number of ketones is 3. The third-order valence-corrected chi connectivity index (χ3v) is 21.1. The average molecular weight is 1560 g/mol. The topological polar surface area (TPSA) is 321 Å². The van der Waals surface area contributed by atoms with Gasteiger partial charge in [-0.3, -0.25) is 28.8 Å². The summed E-state index contributed by atoms with van der Waals surface area (Å²) >= 11 is 0. The number of nitrogens with two attached hydrogens (primary N) is 3. The Bertz CT molecular complexity index is 5670. The monoisotopic (exact) mass is 1560 g/mol. The predicted molar refractivity (Wildman–Crippen MR) is 428 cm³/mol. The predicted octanol–water partition coefficient (Wildman–Crippen LogP) is 14.3. The first-order valence-corrected chi connectivity index (χ1v) is 37.7. The number of carbonyl (C=O) groups excluding carboxylic acids is 6. The number of fused-ring (bicyclic) bond motifs is 3. The van der Waals surface area contributed by atoms with E-state index in [0.717, 1.165) is 77.5 Å². The lowest BCUT2D eigenvalue weighted by Gasteiger charge is -2.32. The zero-order valence-corrected chi connectivity index (χ0v) is 63.1. The van der Waals surface area contributed by atoms with Crippen LogP contribution in [0.5, 0.6) is 0 Å². The molecule has 3 amide bonds. The lowest BCUT2D eigenvalue weighted by molar-refractivity contribution is -0.137. The van der Waals surface area contributed by atoms with Gasteiger partial charge in [0.2, 0.25) is 17.7 Å². The molecule has 29 heteroatoms. The van der Waals surface area contributed by atoms with Crippen molar-refractivity contribution in [3.8, 4) is 33.8 Å². The number of amides is 3. The van der Waals surface area contributed by atoms with Gasteiger partial charge in [0.15, 0.2) is 34.3 Å². The van der Waals surface area contributed by atoms with E-state index in [2.05, 4.69) is 49.6 Å². The smallest absolute Gasteiger partial charge is 0.383 e. The van der Waals surface area contributed by atoms with Gasteiger partial charge in [-0.25, -0.2) is 52.7 Å². The molecule has 0 saturated carbocycles. The molecule has 3 fully saturated rings. The van der Waals surface area contributed by atoms with E-state index in [-0.39, 0.29) is 71.9 Å². The molecule has 588 valence electrons. The second-order valence-electron chi connectivity index (χ2n) is 28.5. The van der Waals surface area contributed by atoms with E-state index >= 15 is 0 Å². The molecule has 3 aliphatic heterocycles. The number of carbonyl (C=O) groups is 6. The molecule has 15 rings (SSSR count). The highest BCUT2D eigenvalue weighted by atomic mass is 19.4. The fraction of sp³-hybridized carbons (Fsp3) is 0.267. The highest BCUT2D eigenvalue weighted by Gasteiger charge is 2.34. The van der Waals surface area contributed by atoms with Crippen LogP contribution in [0.1, 0.15) is 135 Å². The largest absolute Gasteiger partial charge is 0.416 e. The van der Waals surface area contributed by atoms with Gasteiger partial charge < -0.3 is 31.9 Å². The Morgan fingerprint density at radius 2 is 0.809 bits per heavy atom. The molecule has 0 spiro atoms. The van der Waals surface area contributed by atoms with Gasteiger partial charge in [0.05, 0.1) is 45.4 Å². The molecule has 0 aliphatic carbocycles. The molecule has 115 heavy (non-hydrogen) atoms. The second kappa shape index (κ2) is 35.1. The fourth-order valence-corrected chi connectivity index (χ4v) is 14.9. The van der Waals surface area contributed by atoms with Crippen molar-refractivity contribution in [3.63, 3.8) is 0 Å². The van der Waals surface area contributed by atoms with Crippen LogP contribution in [0.15, 0.2) is 196 Å². The van der Waals surface area contributed by atoms with Gasteiger partial charge in [-0.2, -0.15) is 28.5 Å². The van der Waals surface area contributed by atoms with Gasteiger partial charge >= 0.3 is 6.18 Å². The van der Waals surface area contributed by atoms with Crippen LogP contribution in [0.25, 0.3) is 66.9 Å². The minimum absolute atomic E-state index is 0.0186. The van der Waals surface area contributed by atoms with E-state index in [4.69, 9.17) is 32.5 Å². The maximum absolute atomic E-state index is 14.1. The van der Waals surface area contributed by atoms with Crippen molar-refractivity contribution in [3.05, 3.63) is 253 Å². The number of aromatic nitrogens is 12. The number of halogens is 5. The Morgan fingerprint density at radius 1 is 0.452 bits per heavy atom. The molecule has 3 aliphatic rings. The van der Waals surface area contributed by atoms with Crippen molar-refractivity contribution < 1.29 is 50.7 Å². The van der Waals surface area contributed by atoms with Gasteiger partial charge in [0, 0.05) is 86.3 Å². The number of anilines is 3. The first-order valence-electron chi connectivity index (χ1n) is 37.7. The Balaban J connectivity index is 0.000000151. The molecular weight excluding hydrogens is 1480 g/mol. The number of hydrogen-bond donors (Lipinski definition) is 3. The third-order valence-electron chi connectivity index (χ3n) is 21.1. The molecule has 3 atom stereocenters. The van der Waals surface area contributed by atoms with Crippen molar-refractivity contribution in [2.45, 2.75) is 108 Å². The van der Waals surface area contributed by atoms with Crippen molar-refractivity contribution in [1.29, 1.82) is 0 Å². The molecule has 6 aromatic carbocycles. The first kappa shape index (κ1) is 79.7. The van der Waals surface area contributed by atoms with E-state index in [1.54, 1.807) is 43.6 Å². The number of Topliss-reactive ketones (excluding diaryl/α,β-unsaturated/α-hetero) is 3. The highest BCUT2D eigenvalue weighted by Crippen LogP contribution is 2.39. The quantitative estimate of drug-likeness (QED) is 0.0342. The van der Waals surface area contributed by atoms with Crippen LogP contribution in [0.2, 0.25) is 0 Å². The number of nitrogen functional groups attached to an aromatic ring is 3. The Labute approximate surface area is 658 Å². The number of hydrogen-bond acceptors (Lipinski definition) is 18. The van der Waals surface area contributed by atoms with E-state index in [9.17, 15) is 50.7 Å². The van der Waals surface area contributed by atoms with Crippen molar-refractivity contribution in [1.82, 2.24) is 73.9 Å². The summed E-state index contributed by atoms with van der Waals surface area (Å²) in [6.07, 6.45) is 10.6. The van der Waals surface area contributed by atoms with E-state index in [1.807, 2.05) is 89.1 Å². The Kier molecular flexibility index (Phi) is 24.4. The number of piperidine rings is 3. The van der Waals surface area contributed by atoms with Crippen molar-refractivity contribution in [2.24, 2.45) is 0 Å². The van der Waals surface area contributed by atoms with Gasteiger partial charge in [0.1, 0.15) is 65.2 Å². The molecule has 6 aromatic heterocycles. The highest BCUT2D eigenvalue weighted by molar-refractivity contribution is 6.02. The Morgan fingerprint density at radius 3 is 1.17 bits per heavy atom. The van der Waals surface area contributed by atoms with Crippen LogP contribution >= 0.6 is 0 Å². The van der Waals surface area contributed by atoms with Crippen LogP contribution in [0, 0.1) is 18.6 Å². The van der Waals surface area contributed by atoms with Crippen LogP contribution in [-0.4, -0.2) is 148 Å². The standard InChI is InChI=1S/C29H26F4N6O2.C29H30N6O2.C28H27FN6O2/c1-2-24(41)38-13-3-4-20(15-38)39-28-25(27(34)35-16-36-28)26(37-39)18-8-5-17(6-9-18)7-12-23(40)21-14-19(29(31,32)33)10-11-22(21)30;1-3-25(37)34-16-6-8-22(17-34)35-29-26(28(30)31-18-32-29)27(33-35)21-13-10-20(11-14-21)12-15-24(36)23-9-5-4-7-19(23)2;1-2-24(37)34-15-3-4-22(16-34)35-28-25(27(30)31-17-32-28)26(33-35)20-8-5-18(6-9-20)7-14-23(36)19-10-12-21(29)13-11-19/h2,5-6,8-11,14,16,20H,1,3-4,7,12-13,15H2,(H2,34,35,36);3-5,7,9-11,13-14,18,22H,1,6,8,12,15-17H2,2H3,(H2,30,31,32);2,5-6,8-13,17,22H,1,3-4,7,14-16H2,(H2,30,31,32). The van der Waals surface area contributed by atoms with E-state index < -0.39 is 28.9 Å². The summed E-state index contributed by atoms with van der Waals surface area (Å²) in [7, 11) is 0. The Hall–Kier alpha value is -13.3. The third kappa shape index (κ3) is 17.9. The molecule has 0 radical (unpaired) electrons.